The molecule has 0 unspecified atom stereocenters. The van der Waals surface area contributed by atoms with Gasteiger partial charge in [0.2, 0.25) is 5.92 Å². The highest BCUT2D eigenvalue weighted by Gasteiger charge is 2.37. The molecule has 1 aromatic carbocycles. The number of carbonyl (C=O) groups excluding carboxylic acids is 1. The third kappa shape index (κ3) is 6.50. The molecule has 2 aromatic heterocycles. The largest absolute Gasteiger partial charge is 0.458 e. The first kappa shape index (κ1) is 27.6. The maximum Gasteiger partial charge on any atom is 0.410 e. The molecule has 13 heteroatoms. The first-order valence-corrected chi connectivity index (χ1v) is 12.9. The van der Waals surface area contributed by atoms with Crippen LogP contribution in [0.25, 0.3) is 11.1 Å². The lowest BCUT2D eigenvalue weighted by Crippen LogP contribution is -2.41. The summed E-state index contributed by atoms with van der Waals surface area (Å²) >= 11 is -0.750. The number of aryl methyl sites for hydroxylation is 1. The number of hydrogen-bond acceptors (Lipinski definition) is 8. The summed E-state index contributed by atoms with van der Waals surface area (Å²) in [5.41, 5.74) is 3.12. The van der Waals surface area contributed by atoms with Crippen LogP contribution < -0.4 is 5.32 Å². The minimum absolute atomic E-state index is 0.118. The van der Waals surface area contributed by atoms with Gasteiger partial charge in [0.05, 0.1) is 12.0 Å². The molecular formula is C25H27F3N4O5S. The van der Waals surface area contributed by atoms with Crippen LogP contribution >= 0.6 is 0 Å². The maximum atomic E-state index is 14.3. The van der Waals surface area contributed by atoms with E-state index in [1.54, 1.807) is 23.3 Å². The Kier molecular flexibility index (Phi) is 8.65. The van der Waals surface area contributed by atoms with E-state index in [1.165, 1.54) is 12.4 Å². The van der Waals surface area contributed by atoms with E-state index in [0.717, 1.165) is 11.1 Å². The molecule has 5 rings (SSSR count). The topological polar surface area (TPSA) is 115 Å². The molecule has 2 fully saturated rings. The summed E-state index contributed by atoms with van der Waals surface area (Å²) in [5, 5.41) is 2.99. The Bertz CT molecular complexity index is 1310. The summed E-state index contributed by atoms with van der Waals surface area (Å²) in [6.45, 7) is 2.80. The molecule has 1 amide bonds. The molecule has 3 aromatic rings. The van der Waals surface area contributed by atoms with Crippen LogP contribution in [-0.4, -0.2) is 54.5 Å². The molecule has 204 valence electrons. The number of amides is 1. The van der Waals surface area contributed by atoms with Crippen LogP contribution in [-0.2, 0) is 16.3 Å². The van der Waals surface area contributed by atoms with Crippen LogP contribution in [0.15, 0.2) is 35.2 Å². The second-order valence-electron chi connectivity index (χ2n) is 9.47. The highest BCUT2D eigenvalue weighted by atomic mass is 32.1. The molecule has 0 radical (unpaired) electrons. The SMILES string of the molecule is Cc1ccc(Nc2ncnc3c(C4CCN(C(=O)OC5CCC(F)(F)CC5)CC4)coc23)c(F)c1.O=S=O. The number of alkyl halides is 2. The van der Waals surface area contributed by atoms with E-state index in [1.807, 2.05) is 6.92 Å². The van der Waals surface area contributed by atoms with E-state index in [0.29, 0.717) is 48.5 Å². The summed E-state index contributed by atoms with van der Waals surface area (Å²) in [5.74, 6) is -2.54. The van der Waals surface area contributed by atoms with Gasteiger partial charge in [-0.2, -0.15) is 8.42 Å². The Morgan fingerprint density at radius 3 is 2.50 bits per heavy atom. The second-order valence-corrected chi connectivity index (χ2v) is 9.60. The van der Waals surface area contributed by atoms with Gasteiger partial charge in [-0.1, -0.05) is 6.07 Å². The molecule has 1 saturated carbocycles. The van der Waals surface area contributed by atoms with E-state index < -0.39 is 29.7 Å². The fourth-order valence-electron chi connectivity index (χ4n) is 4.82. The number of carbonyl (C=O) groups is 1. The maximum absolute atomic E-state index is 14.3. The predicted octanol–water partition coefficient (Wildman–Crippen LogP) is 5.64. The van der Waals surface area contributed by atoms with Gasteiger partial charge in [0.15, 0.2) is 11.4 Å². The van der Waals surface area contributed by atoms with Gasteiger partial charge in [0, 0.05) is 31.5 Å². The first-order valence-electron chi connectivity index (χ1n) is 12.2. The smallest absolute Gasteiger partial charge is 0.410 e. The quantitative estimate of drug-likeness (QED) is 0.443. The molecule has 1 aliphatic heterocycles. The zero-order valence-corrected chi connectivity index (χ0v) is 21.4. The van der Waals surface area contributed by atoms with Gasteiger partial charge in [-0.15, -0.1) is 0 Å². The highest BCUT2D eigenvalue weighted by molar-refractivity contribution is 7.51. The molecule has 38 heavy (non-hydrogen) atoms. The van der Waals surface area contributed by atoms with Crippen molar-refractivity contribution in [2.75, 3.05) is 18.4 Å². The third-order valence-electron chi connectivity index (χ3n) is 6.88. The van der Waals surface area contributed by atoms with Crippen LogP contribution in [0, 0.1) is 12.7 Å². The van der Waals surface area contributed by atoms with Gasteiger partial charge in [0.25, 0.3) is 0 Å². The Morgan fingerprint density at radius 1 is 1.16 bits per heavy atom. The average molecular weight is 553 g/mol. The van der Waals surface area contributed by atoms with Gasteiger partial charge in [-0.05, 0) is 56.2 Å². The fourth-order valence-corrected chi connectivity index (χ4v) is 4.82. The fraction of sp³-hybridized carbons (Fsp3) is 0.480. The highest BCUT2D eigenvalue weighted by Crippen LogP contribution is 2.37. The summed E-state index contributed by atoms with van der Waals surface area (Å²) in [6, 6.07) is 4.90. The van der Waals surface area contributed by atoms with Gasteiger partial charge in [-0.25, -0.2) is 27.9 Å². The zero-order valence-electron chi connectivity index (χ0n) is 20.6. The number of halogens is 3. The Labute approximate surface area is 220 Å². The summed E-state index contributed by atoms with van der Waals surface area (Å²) < 4.78 is 68.8. The third-order valence-corrected chi connectivity index (χ3v) is 6.88. The number of anilines is 2. The standard InChI is InChI=1S/C25H27F3N4O3.O2S/c1-15-2-3-20(19(26)12-15)31-23-22-21(29-14-30-23)18(13-34-22)16-6-10-32(11-7-16)24(33)35-17-4-8-25(27,28)9-5-17;1-3-2/h2-3,12-14,16-17H,4-11H2,1H3,(H,29,30,31);. The van der Waals surface area contributed by atoms with Crippen LogP contribution in [0.2, 0.25) is 0 Å². The molecule has 2 aliphatic rings. The van der Waals surface area contributed by atoms with Crippen LogP contribution in [0.3, 0.4) is 0 Å². The number of rotatable bonds is 4. The van der Waals surface area contributed by atoms with Crippen molar-refractivity contribution in [1.82, 2.24) is 14.9 Å². The lowest BCUT2D eigenvalue weighted by molar-refractivity contribution is -0.0693. The number of likely N-dealkylation sites (tertiary alicyclic amines) is 1. The number of aromatic nitrogens is 2. The van der Waals surface area contributed by atoms with Crippen LogP contribution in [0.1, 0.15) is 55.6 Å². The number of ether oxygens (including phenoxy) is 1. The Hall–Kier alpha value is -3.48. The van der Waals surface area contributed by atoms with E-state index in [-0.39, 0.29) is 37.4 Å². The van der Waals surface area contributed by atoms with E-state index in [4.69, 9.17) is 17.6 Å². The lowest BCUT2D eigenvalue weighted by atomic mass is 9.90. The van der Waals surface area contributed by atoms with Crippen molar-refractivity contribution in [2.45, 2.75) is 63.4 Å². The summed E-state index contributed by atoms with van der Waals surface area (Å²) in [4.78, 5) is 22.8. The number of hydrogen-bond donors (Lipinski definition) is 1. The zero-order chi connectivity index (χ0) is 27.3. The number of nitrogens with one attached hydrogen (secondary N) is 1. The molecule has 0 atom stereocenters. The predicted molar refractivity (Wildman–Crippen MR) is 132 cm³/mol. The summed E-state index contributed by atoms with van der Waals surface area (Å²) in [7, 11) is 0. The average Bonchev–Trinajstić information content (AvgIpc) is 3.33. The van der Waals surface area contributed by atoms with Gasteiger partial charge in [-0.3, -0.25) is 0 Å². The van der Waals surface area contributed by atoms with Gasteiger partial charge < -0.3 is 19.4 Å². The van der Waals surface area contributed by atoms with Crippen LogP contribution in [0.5, 0.6) is 0 Å². The minimum atomic E-state index is -2.65. The van der Waals surface area contributed by atoms with Crippen molar-refractivity contribution < 1.29 is 35.5 Å². The van der Waals surface area contributed by atoms with Gasteiger partial charge in [0.1, 0.15) is 23.8 Å². The molecule has 0 bridgehead atoms. The van der Waals surface area contributed by atoms with E-state index >= 15 is 0 Å². The molecule has 3 heterocycles. The molecule has 1 saturated heterocycles. The Morgan fingerprint density at radius 2 is 1.84 bits per heavy atom. The van der Waals surface area contributed by atoms with Crippen molar-refractivity contribution in [3.63, 3.8) is 0 Å². The monoisotopic (exact) mass is 552 g/mol. The lowest BCUT2D eigenvalue weighted by Gasteiger charge is -2.33. The molecule has 9 nitrogen and oxygen atoms in total. The minimum Gasteiger partial charge on any atom is -0.458 e. The number of nitrogens with zero attached hydrogens (tertiary/aromatic N) is 3. The molecular weight excluding hydrogens is 525 g/mol. The normalized spacial score (nSPS) is 17.9. The van der Waals surface area contributed by atoms with Crippen molar-refractivity contribution in [1.29, 1.82) is 0 Å². The molecule has 1 aliphatic carbocycles. The summed E-state index contributed by atoms with van der Waals surface area (Å²) in [6.07, 6.45) is 3.46. The number of benzene rings is 1. The van der Waals surface area contributed by atoms with Gasteiger partial charge >= 0.3 is 17.7 Å². The van der Waals surface area contributed by atoms with Crippen molar-refractivity contribution in [2.24, 2.45) is 0 Å². The number of piperidine rings is 1. The molecule has 0 spiro atoms. The number of furan rings is 1. The van der Waals surface area contributed by atoms with E-state index in [9.17, 15) is 18.0 Å². The number of fused-ring (bicyclic) bond motifs is 1. The Balaban J connectivity index is 0.00000107. The van der Waals surface area contributed by atoms with Crippen molar-refractivity contribution in [3.05, 3.63) is 47.7 Å². The second kappa shape index (κ2) is 11.9. The van der Waals surface area contributed by atoms with Crippen LogP contribution in [0.4, 0.5) is 29.5 Å². The first-order chi connectivity index (χ1) is 18.2. The van der Waals surface area contributed by atoms with Crippen molar-refractivity contribution >= 4 is 40.3 Å². The van der Waals surface area contributed by atoms with Crippen molar-refractivity contribution in [3.8, 4) is 0 Å². The van der Waals surface area contributed by atoms with E-state index in [2.05, 4.69) is 15.3 Å². The molecule has 1 N–H and O–H groups in total.